The van der Waals surface area contributed by atoms with Gasteiger partial charge in [0.15, 0.2) is 5.78 Å². The molecule has 1 N–H and O–H groups in total. The highest BCUT2D eigenvalue weighted by Gasteiger charge is 2.70. The zero-order valence-electron chi connectivity index (χ0n) is 26.4. The number of pyridine rings is 1. The van der Waals surface area contributed by atoms with Gasteiger partial charge in [-0.1, -0.05) is 53.2 Å². The Labute approximate surface area is 246 Å². The molecule has 1 aromatic heterocycles. The smallest absolute Gasteiger partial charge is 0.312 e. The maximum Gasteiger partial charge on any atom is 0.312 e. The largest absolute Gasteiger partial charge is 0.460 e. The van der Waals surface area contributed by atoms with Crippen LogP contribution in [0.1, 0.15) is 112 Å². The number of aliphatic hydroxyl groups excluding tert-OH is 1. The van der Waals surface area contributed by atoms with Gasteiger partial charge in [-0.25, -0.2) is 0 Å². The number of rotatable bonds is 3. The molecule has 4 saturated carbocycles. The summed E-state index contributed by atoms with van der Waals surface area (Å²) in [5.74, 6) is 0.676. The van der Waals surface area contributed by atoms with Crippen molar-refractivity contribution in [2.24, 2.45) is 50.2 Å². The normalized spacial score (nSPS) is 46.7. The standard InChI is InChI=1S/C36H51NO4/c1-31(2)27-10-13-36(7)29(34(27,5)12-11-28(31)39)26(38)19-24-25-20-33(4,15-14-32(25,3)16-17-35(24,36)6)30(40)41-22-23-9-8-18-37-21-23/h8-9,18-19,21,25,27-29,39H,10-17,20,22H2,1-7H3/t25-,27-,28-,29+,32+,33-,34-,35+,36+/m0/s1. The van der Waals surface area contributed by atoms with Gasteiger partial charge >= 0.3 is 5.97 Å². The molecule has 0 spiro atoms. The number of ether oxygens (including phenoxy) is 1. The van der Waals surface area contributed by atoms with Crippen molar-refractivity contribution in [2.75, 3.05) is 0 Å². The van der Waals surface area contributed by atoms with Gasteiger partial charge in [0, 0.05) is 23.9 Å². The van der Waals surface area contributed by atoms with E-state index in [0.717, 1.165) is 63.4 Å². The lowest BCUT2D eigenvalue weighted by Gasteiger charge is -2.70. The minimum atomic E-state index is -0.570. The molecule has 224 valence electrons. The van der Waals surface area contributed by atoms with E-state index in [-0.39, 0.29) is 57.6 Å². The summed E-state index contributed by atoms with van der Waals surface area (Å²) in [4.78, 5) is 32.2. The fourth-order valence-electron chi connectivity index (χ4n) is 11.2. The Balaban J connectivity index is 1.34. The van der Waals surface area contributed by atoms with Crippen molar-refractivity contribution in [3.63, 3.8) is 0 Å². The van der Waals surface area contributed by atoms with Gasteiger partial charge in [-0.3, -0.25) is 14.6 Å². The summed E-state index contributed by atoms with van der Waals surface area (Å²) in [6.07, 6.45) is 13.8. The first-order chi connectivity index (χ1) is 19.1. The molecule has 1 heterocycles. The van der Waals surface area contributed by atoms with Crippen molar-refractivity contribution in [2.45, 2.75) is 119 Å². The molecule has 5 heteroatoms. The van der Waals surface area contributed by atoms with E-state index in [1.54, 1.807) is 12.4 Å². The maximum absolute atomic E-state index is 14.5. The molecule has 0 bridgehead atoms. The van der Waals surface area contributed by atoms with Crippen molar-refractivity contribution < 1.29 is 19.4 Å². The minimum absolute atomic E-state index is 0.0296. The van der Waals surface area contributed by atoms with Crippen LogP contribution in [0, 0.1) is 50.2 Å². The van der Waals surface area contributed by atoms with Gasteiger partial charge in [0.1, 0.15) is 6.61 Å². The highest BCUT2D eigenvalue weighted by atomic mass is 16.5. The quantitative estimate of drug-likeness (QED) is 0.388. The third kappa shape index (κ3) is 3.99. The highest BCUT2D eigenvalue weighted by molar-refractivity contribution is 5.95. The predicted molar refractivity (Wildman–Crippen MR) is 159 cm³/mol. The Morgan fingerprint density at radius 3 is 2.44 bits per heavy atom. The molecular weight excluding hydrogens is 510 g/mol. The van der Waals surface area contributed by atoms with Gasteiger partial charge in [-0.15, -0.1) is 0 Å². The van der Waals surface area contributed by atoms with Gasteiger partial charge in [0.05, 0.1) is 11.5 Å². The van der Waals surface area contributed by atoms with Crippen LogP contribution in [0.5, 0.6) is 0 Å². The number of esters is 1. The lowest BCUT2D eigenvalue weighted by molar-refractivity contribution is -0.202. The van der Waals surface area contributed by atoms with E-state index in [1.165, 1.54) is 5.57 Å². The van der Waals surface area contributed by atoms with Gasteiger partial charge in [-0.05, 0) is 116 Å². The van der Waals surface area contributed by atoms with Gasteiger partial charge in [0.25, 0.3) is 0 Å². The second kappa shape index (κ2) is 9.24. The van der Waals surface area contributed by atoms with E-state index in [2.05, 4.69) is 59.5 Å². The number of nitrogens with zero attached hydrogens (tertiary/aromatic N) is 1. The predicted octanol–water partition coefficient (Wildman–Crippen LogP) is 7.47. The Bertz CT molecular complexity index is 1270. The molecule has 0 radical (unpaired) electrons. The molecule has 41 heavy (non-hydrogen) atoms. The monoisotopic (exact) mass is 561 g/mol. The van der Waals surface area contributed by atoms with Crippen molar-refractivity contribution >= 4 is 11.8 Å². The van der Waals surface area contributed by atoms with Crippen LogP contribution >= 0.6 is 0 Å². The summed E-state index contributed by atoms with van der Waals surface area (Å²) in [5, 5.41) is 11.0. The van der Waals surface area contributed by atoms with Crippen molar-refractivity contribution in [1.29, 1.82) is 0 Å². The van der Waals surface area contributed by atoms with Crippen LogP contribution in [0.2, 0.25) is 0 Å². The molecule has 4 fully saturated rings. The second-order valence-electron chi connectivity index (χ2n) is 16.6. The highest BCUT2D eigenvalue weighted by Crippen LogP contribution is 2.75. The molecule has 0 amide bonds. The van der Waals surface area contributed by atoms with Crippen LogP contribution in [-0.2, 0) is 20.9 Å². The SMILES string of the molecule is CC1(C)[C@@H](O)CC[C@]2(C)[C@H]3C(=O)C=C4[C@@H]5C[C@@](C)(C(=O)OCc6cccnc6)CC[C@]5(C)CC[C@@]4(C)[C@]3(C)CC[C@@H]12. The van der Waals surface area contributed by atoms with E-state index in [0.29, 0.717) is 11.7 Å². The fraction of sp³-hybridized carbons (Fsp3) is 0.750. The molecule has 0 aromatic carbocycles. The minimum Gasteiger partial charge on any atom is -0.460 e. The number of fused-ring (bicyclic) bond motifs is 7. The number of carbonyl (C=O) groups excluding carboxylic acids is 2. The summed E-state index contributed by atoms with van der Waals surface area (Å²) in [7, 11) is 0. The van der Waals surface area contributed by atoms with Crippen molar-refractivity contribution in [3.05, 3.63) is 41.7 Å². The third-order valence-corrected chi connectivity index (χ3v) is 14.1. The fourth-order valence-corrected chi connectivity index (χ4v) is 11.2. The number of hydrogen-bond acceptors (Lipinski definition) is 5. The Morgan fingerprint density at radius 1 is 1.00 bits per heavy atom. The van der Waals surface area contributed by atoms with Gasteiger partial charge in [0.2, 0.25) is 0 Å². The van der Waals surface area contributed by atoms with Crippen molar-refractivity contribution in [1.82, 2.24) is 4.98 Å². The molecule has 1 aromatic rings. The summed E-state index contributed by atoms with van der Waals surface area (Å²) < 4.78 is 5.89. The van der Waals surface area contributed by atoms with Crippen LogP contribution in [0.25, 0.3) is 0 Å². The van der Waals surface area contributed by atoms with E-state index in [1.807, 2.05) is 12.1 Å². The maximum atomic E-state index is 14.5. The molecule has 5 nitrogen and oxygen atoms in total. The van der Waals surface area contributed by atoms with E-state index in [9.17, 15) is 14.7 Å². The molecule has 6 rings (SSSR count). The molecule has 5 aliphatic rings. The average molecular weight is 562 g/mol. The first kappa shape index (κ1) is 29.1. The van der Waals surface area contributed by atoms with Crippen LogP contribution in [0.4, 0.5) is 0 Å². The van der Waals surface area contributed by atoms with Gasteiger partial charge < -0.3 is 9.84 Å². The molecule has 5 aliphatic carbocycles. The second-order valence-corrected chi connectivity index (χ2v) is 16.6. The molecule has 0 unspecified atom stereocenters. The summed E-state index contributed by atoms with van der Waals surface area (Å²) in [5.41, 5.74) is 1.22. The number of hydrogen-bond donors (Lipinski definition) is 1. The van der Waals surface area contributed by atoms with Crippen LogP contribution in [0.3, 0.4) is 0 Å². The summed E-state index contributed by atoms with van der Waals surface area (Å²) >= 11 is 0. The van der Waals surface area contributed by atoms with Crippen LogP contribution < -0.4 is 0 Å². The zero-order valence-corrected chi connectivity index (χ0v) is 26.4. The summed E-state index contributed by atoms with van der Waals surface area (Å²) in [6, 6.07) is 3.80. The first-order valence-electron chi connectivity index (χ1n) is 16.1. The number of ketones is 1. The first-order valence-corrected chi connectivity index (χ1v) is 16.1. The molecule has 9 atom stereocenters. The number of aliphatic hydroxyl groups is 1. The zero-order chi connectivity index (χ0) is 29.6. The Kier molecular flexibility index (Phi) is 6.56. The number of aromatic nitrogens is 1. The van der Waals surface area contributed by atoms with E-state index in [4.69, 9.17) is 4.74 Å². The molecule has 0 saturated heterocycles. The van der Waals surface area contributed by atoms with Crippen molar-refractivity contribution in [3.8, 4) is 0 Å². The number of carbonyl (C=O) groups is 2. The van der Waals surface area contributed by atoms with Crippen LogP contribution in [0.15, 0.2) is 36.2 Å². The third-order valence-electron chi connectivity index (χ3n) is 14.1. The molecular formula is C36H51NO4. The summed E-state index contributed by atoms with van der Waals surface area (Å²) in [6.45, 7) is 16.4. The Morgan fingerprint density at radius 2 is 1.73 bits per heavy atom. The average Bonchev–Trinajstić information content (AvgIpc) is 2.92. The van der Waals surface area contributed by atoms with Crippen LogP contribution in [-0.4, -0.2) is 27.9 Å². The Hall–Kier alpha value is -2.01. The van der Waals surface area contributed by atoms with Gasteiger partial charge in [-0.2, -0.15) is 0 Å². The lowest BCUT2D eigenvalue weighted by atomic mass is 9.33. The van der Waals surface area contributed by atoms with E-state index < -0.39 is 5.41 Å². The van der Waals surface area contributed by atoms with E-state index >= 15 is 0 Å². The lowest BCUT2D eigenvalue weighted by Crippen LogP contribution is -2.66. The molecule has 0 aliphatic heterocycles. The topological polar surface area (TPSA) is 76.5 Å². The number of allylic oxidation sites excluding steroid dienone is 2.